The first-order valence-corrected chi connectivity index (χ1v) is 7.03. The van der Waals surface area contributed by atoms with Gasteiger partial charge in [-0.3, -0.25) is 9.59 Å². The Balaban J connectivity index is 2.09. The summed E-state index contributed by atoms with van der Waals surface area (Å²) in [5.74, 6) is -0.562. The summed E-state index contributed by atoms with van der Waals surface area (Å²) in [6.07, 6.45) is 3.39. The van der Waals surface area contributed by atoms with Crippen LogP contribution in [0.2, 0.25) is 5.02 Å². The quantitative estimate of drug-likeness (QED) is 0.818. The molecule has 1 N–H and O–H groups in total. The minimum atomic E-state index is -0.562. The van der Waals surface area contributed by atoms with Crippen LogP contribution < -0.4 is 10.9 Å². The van der Waals surface area contributed by atoms with Crippen molar-refractivity contribution in [2.75, 3.05) is 25.6 Å². The van der Waals surface area contributed by atoms with E-state index in [1.807, 2.05) is 6.92 Å². The maximum Gasteiger partial charge on any atom is 0.327 e. The summed E-state index contributed by atoms with van der Waals surface area (Å²) in [6, 6.07) is 0. The zero-order valence-corrected chi connectivity index (χ0v) is 12.8. The van der Waals surface area contributed by atoms with E-state index in [1.165, 1.54) is 13.3 Å². The monoisotopic (exact) mass is 315 g/mol. The Kier molecular flexibility index (Phi) is 4.84. The van der Waals surface area contributed by atoms with Gasteiger partial charge in [0.05, 0.1) is 24.6 Å². The van der Waals surface area contributed by atoms with Gasteiger partial charge in [-0.2, -0.15) is 5.10 Å². The van der Waals surface area contributed by atoms with Gasteiger partial charge in [0, 0.05) is 13.2 Å². The number of methoxy groups -OCH3 is 1. The molecule has 0 radical (unpaired) electrons. The number of anilines is 1. The van der Waals surface area contributed by atoms with Gasteiger partial charge >= 0.3 is 5.97 Å². The molecule has 0 aliphatic carbocycles. The molecular weight excluding hydrogens is 298 g/mol. The molecule has 1 atom stereocenters. The molecule has 1 unspecified atom stereocenters. The Morgan fingerprint density at radius 2 is 2.43 bits per heavy atom. The third kappa shape index (κ3) is 3.74. The van der Waals surface area contributed by atoms with Gasteiger partial charge in [0.15, 0.2) is 0 Å². The second kappa shape index (κ2) is 6.44. The molecule has 7 nitrogen and oxygen atoms in total. The summed E-state index contributed by atoms with van der Waals surface area (Å²) in [4.78, 5) is 23.2. The van der Waals surface area contributed by atoms with Gasteiger partial charge < -0.3 is 14.8 Å². The maximum atomic E-state index is 12.0. The van der Waals surface area contributed by atoms with E-state index < -0.39 is 11.5 Å². The first-order valence-electron chi connectivity index (χ1n) is 6.65. The van der Waals surface area contributed by atoms with E-state index in [9.17, 15) is 9.59 Å². The van der Waals surface area contributed by atoms with Crippen LogP contribution in [0, 0.1) is 0 Å². The number of ether oxygens (including phenoxy) is 2. The molecule has 0 spiro atoms. The fourth-order valence-corrected chi connectivity index (χ4v) is 2.36. The number of nitrogens with one attached hydrogen (secondary N) is 1. The van der Waals surface area contributed by atoms with Crippen LogP contribution in [0.3, 0.4) is 0 Å². The van der Waals surface area contributed by atoms with E-state index >= 15 is 0 Å². The van der Waals surface area contributed by atoms with Crippen molar-refractivity contribution in [2.24, 2.45) is 0 Å². The summed E-state index contributed by atoms with van der Waals surface area (Å²) < 4.78 is 11.1. The van der Waals surface area contributed by atoms with Gasteiger partial charge in [0.1, 0.15) is 11.6 Å². The van der Waals surface area contributed by atoms with Crippen LogP contribution in [-0.4, -0.2) is 41.6 Å². The van der Waals surface area contributed by atoms with Crippen LogP contribution in [0.25, 0.3) is 0 Å². The summed E-state index contributed by atoms with van der Waals surface area (Å²) >= 11 is 6.03. The number of hydrogen-bond donors (Lipinski definition) is 1. The molecule has 2 heterocycles. The molecule has 1 aliphatic heterocycles. The molecule has 1 aliphatic rings. The topological polar surface area (TPSA) is 82.5 Å². The van der Waals surface area contributed by atoms with E-state index in [0.29, 0.717) is 12.2 Å². The lowest BCUT2D eigenvalue weighted by Gasteiger charge is -2.24. The first kappa shape index (κ1) is 15.8. The second-order valence-corrected chi connectivity index (χ2v) is 5.54. The van der Waals surface area contributed by atoms with Crippen molar-refractivity contribution in [2.45, 2.75) is 31.9 Å². The number of aromatic nitrogens is 2. The fourth-order valence-electron chi connectivity index (χ4n) is 2.15. The van der Waals surface area contributed by atoms with E-state index in [4.69, 9.17) is 16.3 Å². The molecule has 1 fully saturated rings. The zero-order valence-electron chi connectivity index (χ0n) is 12.0. The number of halogens is 1. The smallest absolute Gasteiger partial charge is 0.327 e. The lowest BCUT2D eigenvalue weighted by atomic mass is 10.0. The van der Waals surface area contributed by atoms with Gasteiger partial charge in [-0.15, -0.1) is 0 Å². The molecule has 0 amide bonds. The minimum Gasteiger partial charge on any atom is -0.468 e. The average molecular weight is 316 g/mol. The van der Waals surface area contributed by atoms with Crippen molar-refractivity contribution in [1.29, 1.82) is 0 Å². The predicted octanol–water partition coefficient (Wildman–Crippen LogP) is 1.05. The molecule has 21 heavy (non-hydrogen) atoms. The van der Waals surface area contributed by atoms with E-state index in [1.54, 1.807) is 0 Å². The standard InChI is InChI=1S/C13H18ClN3O4/c1-13(4-3-5-21-13)8-15-9-6-16-17(7-10(18)20-2)12(19)11(9)14/h6,15H,3-5,7-8H2,1-2H3. The molecular formula is C13H18ClN3O4. The minimum absolute atomic E-state index is 0.00417. The average Bonchev–Trinajstić information content (AvgIpc) is 2.90. The van der Waals surface area contributed by atoms with Crippen LogP contribution in [0.1, 0.15) is 19.8 Å². The van der Waals surface area contributed by atoms with Crippen LogP contribution in [-0.2, 0) is 20.8 Å². The fraction of sp³-hybridized carbons (Fsp3) is 0.615. The van der Waals surface area contributed by atoms with E-state index in [0.717, 1.165) is 24.1 Å². The number of carbonyl (C=O) groups excluding carboxylic acids is 1. The molecule has 0 bridgehead atoms. The SMILES string of the molecule is COC(=O)Cn1ncc(NCC2(C)CCCO2)c(Cl)c1=O. The highest BCUT2D eigenvalue weighted by Crippen LogP contribution is 2.26. The van der Waals surface area contributed by atoms with E-state index in [-0.39, 0.29) is 17.2 Å². The Morgan fingerprint density at radius 3 is 3.05 bits per heavy atom. The van der Waals surface area contributed by atoms with Crippen molar-refractivity contribution in [3.05, 3.63) is 21.6 Å². The normalized spacial score (nSPS) is 21.3. The van der Waals surface area contributed by atoms with Crippen molar-refractivity contribution >= 4 is 23.3 Å². The summed E-state index contributed by atoms with van der Waals surface area (Å²) in [7, 11) is 1.24. The zero-order chi connectivity index (χ0) is 15.5. The molecule has 8 heteroatoms. The van der Waals surface area contributed by atoms with Crippen molar-refractivity contribution in [1.82, 2.24) is 9.78 Å². The summed E-state index contributed by atoms with van der Waals surface area (Å²) in [5.41, 5.74) is -0.367. The molecule has 1 aromatic heterocycles. The van der Waals surface area contributed by atoms with Gasteiger partial charge in [-0.1, -0.05) is 11.6 Å². The highest BCUT2D eigenvalue weighted by atomic mass is 35.5. The summed E-state index contributed by atoms with van der Waals surface area (Å²) in [5, 5.41) is 6.99. The lowest BCUT2D eigenvalue weighted by molar-refractivity contribution is -0.141. The Hall–Kier alpha value is -1.60. The first-order chi connectivity index (χ1) is 9.95. The second-order valence-electron chi connectivity index (χ2n) is 5.17. The number of hydrogen-bond acceptors (Lipinski definition) is 6. The van der Waals surface area contributed by atoms with Gasteiger partial charge in [0.2, 0.25) is 0 Å². The molecule has 2 rings (SSSR count). The Labute approximate surface area is 127 Å². The van der Waals surface area contributed by atoms with Crippen molar-refractivity contribution in [3.8, 4) is 0 Å². The highest BCUT2D eigenvalue weighted by Gasteiger charge is 2.29. The highest BCUT2D eigenvalue weighted by molar-refractivity contribution is 6.32. The number of nitrogens with zero attached hydrogens (tertiary/aromatic N) is 2. The number of rotatable bonds is 5. The van der Waals surface area contributed by atoms with Gasteiger partial charge in [0.25, 0.3) is 5.56 Å². The third-order valence-electron chi connectivity index (χ3n) is 3.44. The van der Waals surface area contributed by atoms with Crippen molar-refractivity contribution in [3.63, 3.8) is 0 Å². The molecule has 0 aromatic carbocycles. The molecule has 116 valence electrons. The van der Waals surface area contributed by atoms with Crippen LogP contribution in [0.15, 0.2) is 11.0 Å². The van der Waals surface area contributed by atoms with E-state index in [2.05, 4.69) is 15.2 Å². The third-order valence-corrected chi connectivity index (χ3v) is 3.81. The van der Waals surface area contributed by atoms with Crippen LogP contribution in [0.5, 0.6) is 0 Å². The lowest BCUT2D eigenvalue weighted by Crippen LogP contribution is -2.34. The Bertz CT molecular complexity index is 581. The van der Waals surface area contributed by atoms with Crippen LogP contribution in [0.4, 0.5) is 5.69 Å². The number of carbonyl (C=O) groups is 1. The van der Waals surface area contributed by atoms with Gasteiger partial charge in [-0.25, -0.2) is 4.68 Å². The van der Waals surface area contributed by atoms with Gasteiger partial charge in [-0.05, 0) is 19.8 Å². The predicted molar refractivity (Wildman–Crippen MR) is 77.6 cm³/mol. The largest absolute Gasteiger partial charge is 0.468 e. The maximum absolute atomic E-state index is 12.0. The van der Waals surface area contributed by atoms with Crippen LogP contribution >= 0.6 is 11.6 Å². The van der Waals surface area contributed by atoms with Crippen molar-refractivity contribution < 1.29 is 14.3 Å². The molecule has 1 aromatic rings. The summed E-state index contributed by atoms with van der Waals surface area (Å²) in [6.45, 7) is 3.02. The molecule has 1 saturated heterocycles. The number of esters is 1. The molecule has 0 saturated carbocycles. The Morgan fingerprint density at radius 1 is 1.67 bits per heavy atom.